The molecule has 0 bridgehead atoms. The van der Waals surface area contributed by atoms with Crippen LogP contribution in [0.5, 0.6) is 5.75 Å². The second kappa shape index (κ2) is 7.63. The Labute approximate surface area is 159 Å². The summed E-state index contributed by atoms with van der Waals surface area (Å²) in [6.07, 6.45) is 1.11. The molecule has 1 aliphatic heterocycles. The highest BCUT2D eigenvalue weighted by Crippen LogP contribution is 2.29. The molecule has 0 unspecified atom stereocenters. The number of non-ortho nitro benzene ring substituents is 1. The molecule has 3 rings (SSSR count). The fourth-order valence-corrected chi connectivity index (χ4v) is 3.09. The van der Waals surface area contributed by atoms with Crippen molar-refractivity contribution in [2.45, 2.75) is 19.4 Å². The summed E-state index contributed by atoms with van der Waals surface area (Å²) >= 11 is 6.02. The van der Waals surface area contributed by atoms with Gasteiger partial charge in [-0.2, -0.15) is 0 Å². The Morgan fingerprint density at radius 3 is 2.74 bits per heavy atom. The zero-order valence-electron chi connectivity index (χ0n) is 14.1. The Morgan fingerprint density at radius 2 is 2.07 bits per heavy atom. The predicted octanol–water partition coefficient (Wildman–Crippen LogP) is 3.01. The van der Waals surface area contributed by atoms with Gasteiger partial charge in [-0.3, -0.25) is 19.7 Å². The maximum Gasteiger partial charge on any atom is 0.270 e. The summed E-state index contributed by atoms with van der Waals surface area (Å²) in [5.41, 5.74) is 0.711. The number of aromatic hydroxyl groups is 1. The standard InChI is InChI=1S/C18H16ClN3O5/c19-12-3-5-14(15(9-12)21-7-1-2-17(21)24)18(25)20-10-11-8-13(22(26)27)4-6-16(11)23/h3-6,8-9,23H,1-2,7,10H2,(H,20,25). The molecule has 2 amide bonds. The highest BCUT2D eigenvalue weighted by molar-refractivity contribution is 6.31. The molecule has 8 nitrogen and oxygen atoms in total. The van der Waals surface area contributed by atoms with E-state index in [1.807, 2.05) is 0 Å². The van der Waals surface area contributed by atoms with E-state index < -0.39 is 10.8 Å². The van der Waals surface area contributed by atoms with Crippen molar-refractivity contribution in [3.8, 4) is 5.75 Å². The average molecular weight is 390 g/mol. The molecule has 27 heavy (non-hydrogen) atoms. The number of rotatable bonds is 5. The molecule has 1 fully saturated rings. The maximum atomic E-state index is 12.6. The Bertz CT molecular complexity index is 931. The molecule has 0 aliphatic carbocycles. The van der Waals surface area contributed by atoms with Crippen molar-refractivity contribution in [3.05, 3.63) is 62.7 Å². The van der Waals surface area contributed by atoms with Gasteiger partial charge in [0.2, 0.25) is 5.91 Å². The second-order valence-electron chi connectivity index (χ2n) is 6.06. The number of hydrogen-bond donors (Lipinski definition) is 2. The van der Waals surface area contributed by atoms with Crippen molar-refractivity contribution in [1.29, 1.82) is 0 Å². The normalized spacial score (nSPS) is 13.7. The second-order valence-corrected chi connectivity index (χ2v) is 6.50. The highest BCUT2D eigenvalue weighted by Gasteiger charge is 2.26. The maximum absolute atomic E-state index is 12.6. The minimum atomic E-state index is -0.582. The van der Waals surface area contributed by atoms with Gasteiger partial charge in [0, 0.05) is 42.2 Å². The first-order valence-electron chi connectivity index (χ1n) is 8.21. The molecule has 1 aliphatic rings. The number of carbonyl (C=O) groups excluding carboxylic acids is 2. The van der Waals surface area contributed by atoms with Crippen LogP contribution in [0.4, 0.5) is 11.4 Å². The number of amides is 2. The van der Waals surface area contributed by atoms with Gasteiger partial charge in [-0.25, -0.2) is 0 Å². The summed E-state index contributed by atoms with van der Waals surface area (Å²) in [4.78, 5) is 36.5. The number of benzene rings is 2. The van der Waals surface area contributed by atoms with E-state index in [1.165, 1.54) is 29.2 Å². The van der Waals surface area contributed by atoms with Gasteiger partial charge >= 0.3 is 0 Å². The molecule has 0 spiro atoms. The largest absolute Gasteiger partial charge is 0.508 e. The molecule has 0 saturated carbocycles. The van der Waals surface area contributed by atoms with Crippen molar-refractivity contribution in [1.82, 2.24) is 5.32 Å². The fraction of sp³-hybridized carbons (Fsp3) is 0.222. The number of halogens is 1. The smallest absolute Gasteiger partial charge is 0.270 e. The summed E-state index contributed by atoms with van der Waals surface area (Å²) in [6.45, 7) is 0.396. The summed E-state index contributed by atoms with van der Waals surface area (Å²) in [5.74, 6) is -0.720. The molecule has 140 valence electrons. The van der Waals surface area contributed by atoms with Gasteiger partial charge in [-0.1, -0.05) is 11.6 Å². The van der Waals surface area contributed by atoms with E-state index in [9.17, 15) is 24.8 Å². The molecule has 0 atom stereocenters. The van der Waals surface area contributed by atoms with E-state index in [2.05, 4.69) is 5.32 Å². The van der Waals surface area contributed by atoms with Crippen LogP contribution in [0.15, 0.2) is 36.4 Å². The van der Waals surface area contributed by atoms with Crippen LogP contribution in [0.1, 0.15) is 28.8 Å². The van der Waals surface area contributed by atoms with Gasteiger partial charge in [0.05, 0.1) is 16.2 Å². The van der Waals surface area contributed by atoms with Crippen molar-refractivity contribution in [2.75, 3.05) is 11.4 Å². The number of carbonyl (C=O) groups is 2. The zero-order chi connectivity index (χ0) is 19.6. The van der Waals surface area contributed by atoms with Crippen LogP contribution in [0.2, 0.25) is 5.02 Å². The number of nitro benzene ring substituents is 1. The minimum absolute atomic E-state index is 0.0809. The number of phenolic OH excluding ortho intramolecular Hbond substituents is 1. The quantitative estimate of drug-likeness (QED) is 0.602. The first kappa shape index (κ1) is 18.7. The van der Waals surface area contributed by atoms with Crippen LogP contribution in [0.25, 0.3) is 0 Å². The van der Waals surface area contributed by atoms with Crippen molar-refractivity contribution < 1.29 is 19.6 Å². The number of nitro groups is 1. The Kier molecular flexibility index (Phi) is 5.27. The summed E-state index contributed by atoms with van der Waals surface area (Å²) in [6, 6.07) is 8.21. The van der Waals surface area contributed by atoms with E-state index in [-0.39, 0.29) is 35.0 Å². The van der Waals surface area contributed by atoms with Crippen LogP contribution >= 0.6 is 11.6 Å². The molecular formula is C18H16ClN3O5. The number of anilines is 1. The third kappa shape index (κ3) is 4.01. The predicted molar refractivity (Wildman–Crippen MR) is 99.0 cm³/mol. The van der Waals surface area contributed by atoms with Crippen LogP contribution in [-0.2, 0) is 11.3 Å². The molecule has 0 radical (unpaired) electrons. The molecule has 9 heteroatoms. The molecule has 2 aromatic carbocycles. The average Bonchev–Trinajstić information content (AvgIpc) is 3.06. The fourth-order valence-electron chi connectivity index (χ4n) is 2.92. The van der Waals surface area contributed by atoms with Gasteiger partial charge in [0.25, 0.3) is 11.6 Å². The van der Waals surface area contributed by atoms with Crippen molar-refractivity contribution >= 4 is 34.8 Å². The summed E-state index contributed by atoms with van der Waals surface area (Å²) in [5, 5.41) is 23.7. The van der Waals surface area contributed by atoms with E-state index in [0.717, 1.165) is 0 Å². The number of hydrogen-bond acceptors (Lipinski definition) is 5. The highest BCUT2D eigenvalue weighted by atomic mass is 35.5. The van der Waals surface area contributed by atoms with Crippen LogP contribution in [-0.4, -0.2) is 28.4 Å². The lowest BCUT2D eigenvalue weighted by atomic mass is 10.1. The minimum Gasteiger partial charge on any atom is -0.508 e. The van der Waals surface area contributed by atoms with Crippen LogP contribution < -0.4 is 10.2 Å². The van der Waals surface area contributed by atoms with Crippen LogP contribution in [0.3, 0.4) is 0 Å². The van der Waals surface area contributed by atoms with E-state index in [4.69, 9.17) is 11.6 Å². The molecule has 1 saturated heterocycles. The molecule has 2 N–H and O–H groups in total. The third-order valence-corrected chi connectivity index (χ3v) is 4.52. The van der Waals surface area contributed by atoms with Gasteiger partial charge < -0.3 is 15.3 Å². The van der Waals surface area contributed by atoms with Gasteiger partial charge in [0.1, 0.15) is 5.75 Å². The number of nitrogens with one attached hydrogen (secondary N) is 1. The van der Waals surface area contributed by atoms with Crippen molar-refractivity contribution in [3.63, 3.8) is 0 Å². The first-order valence-corrected chi connectivity index (χ1v) is 8.59. The lowest BCUT2D eigenvalue weighted by Crippen LogP contribution is -2.29. The Balaban J connectivity index is 1.82. The lowest BCUT2D eigenvalue weighted by Gasteiger charge is -2.20. The lowest BCUT2D eigenvalue weighted by molar-refractivity contribution is -0.384. The molecule has 2 aromatic rings. The van der Waals surface area contributed by atoms with Gasteiger partial charge in [0.15, 0.2) is 0 Å². The zero-order valence-corrected chi connectivity index (χ0v) is 14.9. The van der Waals surface area contributed by atoms with E-state index in [0.29, 0.717) is 30.1 Å². The summed E-state index contributed by atoms with van der Waals surface area (Å²) < 4.78 is 0. The molecule has 0 aromatic heterocycles. The number of nitrogens with zero attached hydrogens (tertiary/aromatic N) is 2. The van der Waals surface area contributed by atoms with Crippen molar-refractivity contribution in [2.24, 2.45) is 0 Å². The first-order chi connectivity index (χ1) is 12.9. The third-order valence-electron chi connectivity index (χ3n) is 4.28. The summed E-state index contributed by atoms with van der Waals surface area (Å²) in [7, 11) is 0. The SMILES string of the molecule is O=C(NCc1cc([N+](=O)[O-])ccc1O)c1ccc(Cl)cc1N1CCCC1=O. The molecule has 1 heterocycles. The number of phenols is 1. The van der Waals surface area contributed by atoms with E-state index >= 15 is 0 Å². The Morgan fingerprint density at radius 1 is 1.30 bits per heavy atom. The topological polar surface area (TPSA) is 113 Å². The van der Waals surface area contributed by atoms with Gasteiger partial charge in [-0.15, -0.1) is 0 Å². The molecular weight excluding hydrogens is 374 g/mol. The van der Waals surface area contributed by atoms with Gasteiger partial charge in [-0.05, 0) is 30.7 Å². The Hall–Kier alpha value is -3.13. The monoisotopic (exact) mass is 389 g/mol. The van der Waals surface area contributed by atoms with Crippen LogP contribution in [0, 0.1) is 10.1 Å². The van der Waals surface area contributed by atoms with E-state index in [1.54, 1.807) is 12.1 Å².